The normalized spacial score (nSPS) is 14.2. The number of rotatable bonds is 1. The second-order valence-corrected chi connectivity index (χ2v) is 9.48. The van der Waals surface area contributed by atoms with Gasteiger partial charge in [-0.1, -0.05) is 62.4 Å². The van der Waals surface area contributed by atoms with Crippen molar-refractivity contribution in [2.75, 3.05) is 0 Å². The van der Waals surface area contributed by atoms with Gasteiger partial charge < -0.3 is 0 Å². The van der Waals surface area contributed by atoms with Crippen molar-refractivity contribution in [1.29, 1.82) is 0 Å². The first kappa shape index (κ1) is 18.3. The highest BCUT2D eigenvalue weighted by atomic mass is 14.7. The van der Waals surface area contributed by atoms with E-state index in [1.54, 1.807) is 0 Å². The monoisotopic (exact) mass is 399 g/mol. The zero-order valence-corrected chi connectivity index (χ0v) is 18.5. The first-order valence-electron chi connectivity index (χ1n) is 10.9. The average Bonchev–Trinajstić information content (AvgIpc) is 2.76. The molecule has 5 aromatic rings. The highest BCUT2D eigenvalue weighted by Gasteiger charge is 2.35. The summed E-state index contributed by atoms with van der Waals surface area (Å²) in [7, 11) is 0. The van der Waals surface area contributed by atoms with E-state index in [4.69, 9.17) is 4.98 Å². The minimum absolute atomic E-state index is 0.130. The summed E-state index contributed by atoms with van der Waals surface area (Å²) in [5.74, 6) is 0. The molecule has 1 aliphatic carbocycles. The van der Waals surface area contributed by atoms with Crippen LogP contribution in [0.4, 0.5) is 0 Å². The van der Waals surface area contributed by atoms with Gasteiger partial charge in [0.25, 0.3) is 0 Å². The molecule has 4 aromatic carbocycles. The van der Waals surface area contributed by atoms with E-state index < -0.39 is 0 Å². The van der Waals surface area contributed by atoms with E-state index in [9.17, 15) is 0 Å². The van der Waals surface area contributed by atoms with Crippen LogP contribution >= 0.6 is 0 Å². The maximum atomic E-state index is 4.90. The van der Waals surface area contributed by atoms with Crippen molar-refractivity contribution >= 4 is 38.4 Å². The Labute approximate surface area is 183 Å². The minimum atomic E-state index is -0.130. The van der Waals surface area contributed by atoms with Crippen molar-refractivity contribution in [3.63, 3.8) is 0 Å². The van der Waals surface area contributed by atoms with Crippen LogP contribution in [-0.4, -0.2) is 4.98 Å². The molecule has 1 aliphatic rings. The van der Waals surface area contributed by atoms with Gasteiger partial charge in [0.2, 0.25) is 0 Å². The molecular formula is C30H25N. The molecule has 1 nitrogen and oxygen atoms in total. The molecule has 6 rings (SSSR count). The molecule has 1 aromatic heterocycles. The van der Waals surface area contributed by atoms with Crippen molar-refractivity contribution in [2.24, 2.45) is 0 Å². The Morgan fingerprint density at radius 2 is 1.61 bits per heavy atom. The summed E-state index contributed by atoms with van der Waals surface area (Å²) in [5.41, 5.74) is 8.65. The predicted octanol–water partition coefficient (Wildman–Crippen LogP) is 8.11. The maximum Gasteiger partial charge on any atom is 0.0786 e. The van der Waals surface area contributed by atoms with Gasteiger partial charge in [0.15, 0.2) is 0 Å². The zero-order chi connectivity index (χ0) is 21.5. The molecule has 0 aliphatic heterocycles. The molecule has 0 spiro atoms. The second-order valence-electron chi connectivity index (χ2n) is 9.48. The summed E-state index contributed by atoms with van der Waals surface area (Å²) in [6.45, 7) is 13.1. The largest absolute Gasteiger partial charge is 0.256 e. The highest BCUT2D eigenvalue weighted by molar-refractivity contribution is 6.21. The zero-order valence-electron chi connectivity index (χ0n) is 18.5. The van der Waals surface area contributed by atoms with Crippen LogP contribution in [0.15, 0.2) is 67.4 Å². The molecule has 0 amide bonds. The number of nitrogens with zero attached hydrogens (tertiary/aromatic N) is 1. The van der Waals surface area contributed by atoms with E-state index in [0.29, 0.717) is 0 Å². The third kappa shape index (κ3) is 2.35. The smallest absolute Gasteiger partial charge is 0.0786 e. The van der Waals surface area contributed by atoms with E-state index in [0.717, 1.165) is 5.69 Å². The molecule has 0 saturated heterocycles. The van der Waals surface area contributed by atoms with Crippen LogP contribution in [0.3, 0.4) is 0 Å². The number of fused-ring (bicyclic) bond motifs is 6. The fraction of sp³-hybridized carbons (Fsp3) is 0.167. The Hall–Kier alpha value is -3.45. The Balaban J connectivity index is 1.85. The van der Waals surface area contributed by atoms with E-state index >= 15 is 0 Å². The topological polar surface area (TPSA) is 12.9 Å². The average molecular weight is 400 g/mol. The number of hydrogen-bond donors (Lipinski definition) is 0. The Bertz CT molecular complexity index is 1580. The number of aromatic nitrogens is 1. The quantitative estimate of drug-likeness (QED) is 0.259. The lowest BCUT2D eigenvalue weighted by Crippen LogP contribution is -2.24. The van der Waals surface area contributed by atoms with Gasteiger partial charge in [0.1, 0.15) is 0 Å². The molecule has 0 unspecified atom stereocenters. The van der Waals surface area contributed by atoms with Crippen LogP contribution in [0.2, 0.25) is 0 Å². The maximum absolute atomic E-state index is 4.90. The van der Waals surface area contributed by atoms with Gasteiger partial charge in [-0.05, 0) is 87.3 Å². The molecular weight excluding hydrogens is 374 g/mol. The van der Waals surface area contributed by atoms with E-state index in [1.165, 1.54) is 65.7 Å². The van der Waals surface area contributed by atoms with Gasteiger partial charge in [-0.15, -0.1) is 0 Å². The fourth-order valence-corrected chi connectivity index (χ4v) is 5.52. The first-order valence-corrected chi connectivity index (χ1v) is 10.9. The standard InChI is InChI=1S/C30H25N/c1-6-19-15-26-25(14-18(19)3)29-28-22(11-12-31-29)21-10-9-20-8-7-17(2)13-23(20)24(21)16-27(28)30(26,4)5/h6-16H,1H2,2-5H3. The summed E-state index contributed by atoms with van der Waals surface area (Å²) in [6.07, 6.45) is 3.94. The lowest BCUT2D eigenvalue weighted by atomic mass is 9.68. The first-order chi connectivity index (χ1) is 14.9. The van der Waals surface area contributed by atoms with E-state index in [-0.39, 0.29) is 5.41 Å². The second kappa shape index (κ2) is 6.04. The molecule has 0 N–H and O–H groups in total. The summed E-state index contributed by atoms with van der Waals surface area (Å²) in [4.78, 5) is 4.90. The summed E-state index contributed by atoms with van der Waals surface area (Å²) in [6, 6.07) is 20.5. The Kier molecular flexibility index (Phi) is 3.57. The van der Waals surface area contributed by atoms with Crippen LogP contribution in [0.1, 0.15) is 41.7 Å². The Morgan fingerprint density at radius 1 is 0.806 bits per heavy atom. The van der Waals surface area contributed by atoms with Crippen molar-refractivity contribution < 1.29 is 0 Å². The number of aryl methyl sites for hydroxylation is 2. The predicted molar refractivity (Wildman–Crippen MR) is 134 cm³/mol. The lowest BCUT2D eigenvalue weighted by molar-refractivity contribution is 0.644. The van der Waals surface area contributed by atoms with Crippen LogP contribution in [0.25, 0.3) is 49.7 Å². The summed E-state index contributed by atoms with van der Waals surface area (Å²) in [5, 5.41) is 7.84. The molecule has 1 heteroatoms. The highest BCUT2D eigenvalue weighted by Crippen LogP contribution is 2.50. The van der Waals surface area contributed by atoms with Crippen molar-refractivity contribution in [3.05, 3.63) is 95.2 Å². The number of hydrogen-bond acceptors (Lipinski definition) is 1. The molecule has 0 atom stereocenters. The van der Waals surface area contributed by atoms with Crippen molar-refractivity contribution in [2.45, 2.75) is 33.1 Å². The minimum Gasteiger partial charge on any atom is -0.256 e. The Morgan fingerprint density at radius 3 is 2.42 bits per heavy atom. The van der Waals surface area contributed by atoms with E-state index in [1.807, 2.05) is 12.3 Å². The van der Waals surface area contributed by atoms with Crippen molar-refractivity contribution in [3.8, 4) is 11.3 Å². The molecule has 31 heavy (non-hydrogen) atoms. The molecule has 150 valence electrons. The van der Waals surface area contributed by atoms with Crippen molar-refractivity contribution in [1.82, 2.24) is 4.98 Å². The van der Waals surface area contributed by atoms with Gasteiger partial charge in [0, 0.05) is 22.6 Å². The molecule has 0 saturated carbocycles. The van der Waals surface area contributed by atoms with Gasteiger partial charge in [-0.2, -0.15) is 0 Å². The van der Waals surface area contributed by atoms with Crippen LogP contribution in [0.5, 0.6) is 0 Å². The van der Waals surface area contributed by atoms with Gasteiger partial charge in [0.05, 0.1) is 5.69 Å². The van der Waals surface area contributed by atoms with Gasteiger partial charge >= 0.3 is 0 Å². The van der Waals surface area contributed by atoms with Crippen LogP contribution in [0, 0.1) is 13.8 Å². The molecule has 1 heterocycles. The lowest BCUT2D eigenvalue weighted by Gasteiger charge is -2.35. The third-order valence-electron chi connectivity index (χ3n) is 7.25. The summed E-state index contributed by atoms with van der Waals surface area (Å²) < 4.78 is 0. The molecule has 0 radical (unpaired) electrons. The summed E-state index contributed by atoms with van der Waals surface area (Å²) >= 11 is 0. The molecule has 0 fully saturated rings. The SMILES string of the molecule is C=Cc1cc2c(cc1C)-c1nccc3c1c(cc1c4cc(C)ccc4ccc31)C2(C)C. The van der Waals surface area contributed by atoms with Crippen LogP contribution in [-0.2, 0) is 5.41 Å². The fourth-order valence-electron chi connectivity index (χ4n) is 5.52. The number of benzene rings is 4. The molecule has 0 bridgehead atoms. The third-order valence-corrected chi connectivity index (χ3v) is 7.25. The van der Waals surface area contributed by atoms with Gasteiger partial charge in [-0.25, -0.2) is 0 Å². The van der Waals surface area contributed by atoms with Crippen LogP contribution < -0.4 is 0 Å². The van der Waals surface area contributed by atoms with Gasteiger partial charge in [-0.3, -0.25) is 4.98 Å². The van der Waals surface area contributed by atoms with E-state index in [2.05, 4.69) is 88.9 Å². The number of pyridine rings is 1.